The Hall–Kier alpha value is -1.26. The van der Waals surface area contributed by atoms with Crippen molar-refractivity contribution in [2.75, 3.05) is 0 Å². The van der Waals surface area contributed by atoms with Gasteiger partial charge in [-0.3, -0.25) is 0 Å². The van der Waals surface area contributed by atoms with Crippen molar-refractivity contribution >= 4 is 21.6 Å². The van der Waals surface area contributed by atoms with Gasteiger partial charge in [0.1, 0.15) is 0 Å². The van der Waals surface area contributed by atoms with Gasteiger partial charge < -0.3 is 0 Å². The zero-order chi connectivity index (χ0) is 11.8. The van der Waals surface area contributed by atoms with Gasteiger partial charge in [0.2, 0.25) is 0 Å². The lowest BCUT2D eigenvalue weighted by Crippen LogP contribution is -2.12. The zero-order valence-electron chi connectivity index (χ0n) is 8.59. The van der Waals surface area contributed by atoms with Gasteiger partial charge in [0.25, 0.3) is 10.0 Å². The van der Waals surface area contributed by atoms with E-state index < -0.39 is 10.0 Å². The molecule has 1 aromatic heterocycles. The number of rotatable bonds is 2. The number of hydrogen-bond acceptors (Lipinski definition) is 2. The zero-order valence-corrected chi connectivity index (χ0v) is 10.2. The maximum absolute atomic E-state index is 12.2. The van der Waals surface area contributed by atoms with E-state index in [1.807, 2.05) is 0 Å². The highest BCUT2D eigenvalue weighted by molar-refractivity contribution is 7.90. The Kier molecular flexibility index (Phi) is 2.78. The molecule has 1 aromatic carbocycles. The predicted molar refractivity (Wildman–Crippen MR) is 63.2 cm³/mol. The second-order valence-electron chi connectivity index (χ2n) is 3.43. The first kappa shape index (κ1) is 11.2. The van der Waals surface area contributed by atoms with Gasteiger partial charge in [-0.05, 0) is 24.6 Å². The summed E-state index contributed by atoms with van der Waals surface area (Å²) in [6.07, 6.45) is 2.81. The molecule has 5 heteroatoms. The van der Waals surface area contributed by atoms with Gasteiger partial charge in [-0.25, -0.2) is 12.4 Å². The fraction of sp³-hybridized carbons (Fsp3) is 0.0909. The second kappa shape index (κ2) is 3.96. The summed E-state index contributed by atoms with van der Waals surface area (Å²) < 4.78 is 25.5. The van der Waals surface area contributed by atoms with Crippen molar-refractivity contribution in [2.24, 2.45) is 0 Å². The molecule has 0 spiro atoms. The molecule has 0 aliphatic rings. The molecule has 0 fully saturated rings. The largest absolute Gasteiger partial charge is 0.267 e. The summed E-state index contributed by atoms with van der Waals surface area (Å²) in [5.41, 5.74) is 0.715. The highest BCUT2D eigenvalue weighted by Gasteiger charge is 2.18. The average molecular weight is 256 g/mol. The molecule has 0 unspecified atom stereocenters. The van der Waals surface area contributed by atoms with Gasteiger partial charge in [0, 0.05) is 12.4 Å². The Labute approximate surface area is 99.3 Å². The Morgan fingerprint density at radius 2 is 1.88 bits per heavy atom. The fourth-order valence-electron chi connectivity index (χ4n) is 1.46. The number of hydrogen-bond donors (Lipinski definition) is 0. The molecule has 1 heterocycles. The normalized spacial score (nSPS) is 11.6. The molecule has 84 valence electrons. The molecule has 0 bridgehead atoms. The minimum absolute atomic E-state index is 0.294. The maximum atomic E-state index is 12.2. The van der Waals surface area contributed by atoms with Crippen LogP contribution in [0.2, 0.25) is 5.02 Å². The first-order chi connectivity index (χ1) is 7.51. The van der Waals surface area contributed by atoms with Crippen LogP contribution < -0.4 is 0 Å². The van der Waals surface area contributed by atoms with E-state index >= 15 is 0 Å². The lowest BCUT2D eigenvalue weighted by Gasteiger charge is -2.07. The van der Waals surface area contributed by atoms with Crippen LogP contribution in [0.3, 0.4) is 0 Å². The van der Waals surface area contributed by atoms with Crippen LogP contribution in [0.25, 0.3) is 0 Å². The molecule has 16 heavy (non-hydrogen) atoms. The molecule has 0 N–H and O–H groups in total. The third-order valence-corrected chi connectivity index (χ3v) is 4.30. The molecule has 0 saturated heterocycles. The van der Waals surface area contributed by atoms with Crippen LogP contribution in [-0.4, -0.2) is 12.4 Å². The van der Waals surface area contributed by atoms with Crippen LogP contribution in [-0.2, 0) is 10.0 Å². The molecular weight excluding hydrogens is 246 g/mol. The van der Waals surface area contributed by atoms with Crippen LogP contribution in [0, 0.1) is 6.92 Å². The second-order valence-corrected chi connectivity index (χ2v) is 5.68. The Morgan fingerprint density at radius 3 is 2.44 bits per heavy atom. The lowest BCUT2D eigenvalue weighted by atomic mass is 10.2. The summed E-state index contributed by atoms with van der Waals surface area (Å²) in [6.45, 7) is 1.76. The molecule has 0 aliphatic heterocycles. The lowest BCUT2D eigenvalue weighted by molar-refractivity contribution is 0.587. The van der Waals surface area contributed by atoms with Crippen LogP contribution in [0.5, 0.6) is 0 Å². The summed E-state index contributed by atoms with van der Waals surface area (Å²) >= 11 is 5.71. The Balaban J connectivity index is 2.60. The molecule has 0 saturated carbocycles. The molecular formula is C11H10ClNO2S. The van der Waals surface area contributed by atoms with Gasteiger partial charge in [0.15, 0.2) is 0 Å². The van der Waals surface area contributed by atoms with Crippen LogP contribution in [0.1, 0.15) is 5.56 Å². The monoisotopic (exact) mass is 255 g/mol. The molecule has 0 atom stereocenters. The van der Waals surface area contributed by atoms with Crippen molar-refractivity contribution < 1.29 is 8.42 Å². The number of halogens is 1. The van der Waals surface area contributed by atoms with Gasteiger partial charge in [-0.15, -0.1) is 0 Å². The quantitative estimate of drug-likeness (QED) is 0.828. The Bertz CT molecular complexity index is 616. The number of benzene rings is 1. The van der Waals surface area contributed by atoms with Gasteiger partial charge in [-0.2, -0.15) is 0 Å². The van der Waals surface area contributed by atoms with Crippen LogP contribution >= 0.6 is 11.6 Å². The smallest absolute Gasteiger partial charge is 0.247 e. The summed E-state index contributed by atoms with van der Waals surface area (Å²) in [4.78, 5) is 0.294. The van der Waals surface area contributed by atoms with E-state index in [0.29, 0.717) is 15.5 Å². The average Bonchev–Trinajstić information content (AvgIpc) is 2.66. The summed E-state index contributed by atoms with van der Waals surface area (Å²) in [7, 11) is -3.52. The summed E-state index contributed by atoms with van der Waals surface area (Å²) in [5, 5.41) is 0.400. The third-order valence-electron chi connectivity index (χ3n) is 2.28. The molecule has 0 aliphatic carbocycles. The minimum Gasteiger partial charge on any atom is -0.247 e. The number of nitrogens with zero attached hydrogens (tertiary/aromatic N) is 1. The van der Waals surface area contributed by atoms with Crippen molar-refractivity contribution in [3.05, 3.63) is 53.3 Å². The SMILES string of the molecule is Cc1ccccc1S(=O)(=O)n1ccc(Cl)c1. The van der Waals surface area contributed by atoms with Crippen molar-refractivity contribution in [2.45, 2.75) is 11.8 Å². The van der Waals surface area contributed by atoms with Crippen LogP contribution in [0.15, 0.2) is 47.6 Å². The fourth-order valence-corrected chi connectivity index (χ4v) is 3.11. The predicted octanol–water partition coefficient (Wildman–Crippen LogP) is 2.69. The van der Waals surface area contributed by atoms with E-state index in [4.69, 9.17) is 11.6 Å². The first-order valence-corrected chi connectivity index (χ1v) is 6.48. The van der Waals surface area contributed by atoms with E-state index in [0.717, 1.165) is 3.97 Å². The van der Waals surface area contributed by atoms with E-state index in [1.165, 1.54) is 18.5 Å². The molecule has 0 amide bonds. The van der Waals surface area contributed by atoms with Crippen molar-refractivity contribution in [1.29, 1.82) is 0 Å². The summed E-state index contributed by atoms with van der Waals surface area (Å²) in [6, 6.07) is 8.38. The van der Waals surface area contributed by atoms with Crippen molar-refractivity contribution in [1.82, 2.24) is 3.97 Å². The third kappa shape index (κ3) is 1.86. The molecule has 2 rings (SSSR count). The van der Waals surface area contributed by atoms with E-state index in [2.05, 4.69) is 0 Å². The highest BCUT2D eigenvalue weighted by Crippen LogP contribution is 2.19. The van der Waals surface area contributed by atoms with Crippen molar-refractivity contribution in [3.8, 4) is 0 Å². The van der Waals surface area contributed by atoms with Gasteiger partial charge in [-0.1, -0.05) is 29.8 Å². The first-order valence-electron chi connectivity index (χ1n) is 4.66. The number of aromatic nitrogens is 1. The van der Waals surface area contributed by atoms with E-state index in [9.17, 15) is 8.42 Å². The standard InChI is InChI=1S/C11H10ClNO2S/c1-9-4-2-3-5-11(9)16(14,15)13-7-6-10(12)8-13/h2-8H,1H3. The molecule has 2 aromatic rings. The van der Waals surface area contributed by atoms with E-state index in [1.54, 1.807) is 31.2 Å². The van der Waals surface area contributed by atoms with Gasteiger partial charge in [0.05, 0.1) is 9.92 Å². The highest BCUT2D eigenvalue weighted by atomic mass is 35.5. The Morgan fingerprint density at radius 1 is 1.19 bits per heavy atom. The van der Waals surface area contributed by atoms with E-state index in [-0.39, 0.29) is 0 Å². The number of aryl methyl sites for hydroxylation is 1. The van der Waals surface area contributed by atoms with Gasteiger partial charge >= 0.3 is 0 Å². The summed E-state index contributed by atoms with van der Waals surface area (Å²) in [5.74, 6) is 0. The molecule has 0 radical (unpaired) electrons. The minimum atomic E-state index is -3.52. The topological polar surface area (TPSA) is 39.1 Å². The van der Waals surface area contributed by atoms with Crippen LogP contribution in [0.4, 0.5) is 0 Å². The maximum Gasteiger partial charge on any atom is 0.267 e. The molecule has 3 nitrogen and oxygen atoms in total. The van der Waals surface area contributed by atoms with Crippen molar-refractivity contribution in [3.63, 3.8) is 0 Å².